The minimum atomic E-state index is -0.399. The number of carbonyl (C=O) groups is 1. The second-order valence-electron chi connectivity index (χ2n) is 4.51. The third-order valence-corrected chi connectivity index (χ3v) is 3.25. The summed E-state index contributed by atoms with van der Waals surface area (Å²) in [6, 6.07) is 4.95. The first-order valence-electron chi connectivity index (χ1n) is 5.95. The number of rotatable bonds is 4. The van der Waals surface area contributed by atoms with Crippen molar-refractivity contribution in [1.29, 1.82) is 0 Å². The molecule has 4 nitrogen and oxygen atoms in total. The Hall–Kier alpha value is -1.62. The predicted molar refractivity (Wildman–Crippen MR) is 65.5 cm³/mol. The molecular formula is C13H17FN2O2. The van der Waals surface area contributed by atoms with Gasteiger partial charge >= 0.3 is 0 Å². The van der Waals surface area contributed by atoms with E-state index in [4.69, 9.17) is 10.5 Å². The Kier molecular flexibility index (Phi) is 3.81. The molecule has 98 valence electrons. The zero-order chi connectivity index (χ0) is 13.1. The lowest BCUT2D eigenvalue weighted by molar-refractivity contribution is -0.128. The Morgan fingerprint density at radius 2 is 2.33 bits per heavy atom. The van der Waals surface area contributed by atoms with E-state index in [9.17, 15) is 9.18 Å². The van der Waals surface area contributed by atoms with Gasteiger partial charge in [-0.05, 0) is 18.5 Å². The Morgan fingerprint density at radius 3 is 2.94 bits per heavy atom. The van der Waals surface area contributed by atoms with Crippen molar-refractivity contribution in [2.24, 2.45) is 11.7 Å². The van der Waals surface area contributed by atoms with E-state index < -0.39 is 5.82 Å². The van der Waals surface area contributed by atoms with E-state index in [0.29, 0.717) is 25.1 Å². The molecule has 2 N–H and O–H groups in total. The standard InChI is InChI=1S/C13H17FN2O2/c1-18-11-4-2-3-10(13(11)14)8-16-7-9(6-15)5-12(16)17/h2-4,9H,5-8,15H2,1H3. The highest BCUT2D eigenvalue weighted by atomic mass is 19.1. The van der Waals surface area contributed by atoms with Crippen molar-refractivity contribution in [2.45, 2.75) is 13.0 Å². The van der Waals surface area contributed by atoms with Gasteiger partial charge in [-0.1, -0.05) is 12.1 Å². The largest absolute Gasteiger partial charge is 0.494 e. The molecule has 0 aromatic heterocycles. The van der Waals surface area contributed by atoms with E-state index in [1.165, 1.54) is 7.11 Å². The molecule has 0 aliphatic carbocycles. The minimum Gasteiger partial charge on any atom is -0.494 e. The molecule has 0 radical (unpaired) electrons. The highest BCUT2D eigenvalue weighted by Gasteiger charge is 2.29. The summed E-state index contributed by atoms with van der Waals surface area (Å²) in [5.41, 5.74) is 6.03. The Balaban J connectivity index is 2.12. The minimum absolute atomic E-state index is 0.0349. The van der Waals surface area contributed by atoms with Crippen LogP contribution in [0.15, 0.2) is 18.2 Å². The predicted octanol–water partition coefficient (Wildman–Crippen LogP) is 1.14. The number of methoxy groups -OCH3 is 1. The molecule has 0 bridgehead atoms. The van der Waals surface area contributed by atoms with Crippen LogP contribution in [0.25, 0.3) is 0 Å². The lowest BCUT2D eigenvalue weighted by Gasteiger charge is -2.17. The van der Waals surface area contributed by atoms with Crippen LogP contribution in [0.1, 0.15) is 12.0 Å². The van der Waals surface area contributed by atoms with Crippen LogP contribution in [-0.4, -0.2) is 31.0 Å². The van der Waals surface area contributed by atoms with Gasteiger partial charge in [-0.2, -0.15) is 0 Å². The first-order chi connectivity index (χ1) is 8.65. The first kappa shape index (κ1) is 12.8. The fourth-order valence-corrected chi connectivity index (χ4v) is 2.21. The number of carbonyl (C=O) groups excluding carboxylic acids is 1. The molecule has 5 heteroatoms. The SMILES string of the molecule is COc1cccc(CN2CC(CN)CC2=O)c1F. The van der Waals surface area contributed by atoms with Gasteiger partial charge in [0.25, 0.3) is 0 Å². The van der Waals surface area contributed by atoms with Crippen LogP contribution in [0.3, 0.4) is 0 Å². The van der Waals surface area contributed by atoms with Gasteiger partial charge in [-0.25, -0.2) is 4.39 Å². The molecule has 18 heavy (non-hydrogen) atoms. The van der Waals surface area contributed by atoms with Crippen LogP contribution < -0.4 is 10.5 Å². The van der Waals surface area contributed by atoms with Crippen LogP contribution in [0.5, 0.6) is 5.75 Å². The maximum absolute atomic E-state index is 13.9. The van der Waals surface area contributed by atoms with Crippen molar-refractivity contribution in [2.75, 3.05) is 20.2 Å². The van der Waals surface area contributed by atoms with Crippen LogP contribution in [0, 0.1) is 11.7 Å². The van der Waals surface area contributed by atoms with Gasteiger partial charge in [-0.3, -0.25) is 4.79 Å². The fourth-order valence-electron chi connectivity index (χ4n) is 2.21. The summed E-state index contributed by atoms with van der Waals surface area (Å²) in [7, 11) is 1.42. The molecule has 2 rings (SSSR count). The van der Waals surface area contributed by atoms with Gasteiger partial charge in [0.2, 0.25) is 5.91 Å². The number of ether oxygens (including phenoxy) is 1. The number of hydrogen-bond donors (Lipinski definition) is 1. The molecule has 1 aliphatic rings. The van der Waals surface area contributed by atoms with Crippen LogP contribution in [0.2, 0.25) is 0 Å². The summed E-state index contributed by atoms with van der Waals surface area (Å²) in [5.74, 6) is 0.0253. The lowest BCUT2D eigenvalue weighted by atomic mass is 10.1. The van der Waals surface area contributed by atoms with E-state index >= 15 is 0 Å². The third-order valence-electron chi connectivity index (χ3n) is 3.25. The molecule has 1 fully saturated rings. The van der Waals surface area contributed by atoms with Crippen molar-refractivity contribution >= 4 is 5.91 Å². The fraction of sp³-hybridized carbons (Fsp3) is 0.462. The highest BCUT2D eigenvalue weighted by molar-refractivity contribution is 5.78. The number of benzene rings is 1. The summed E-state index contributed by atoms with van der Waals surface area (Å²) in [6.07, 6.45) is 0.460. The molecule has 1 aromatic rings. The maximum atomic E-state index is 13.9. The smallest absolute Gasteiger partial charge is 0.223 e. The normalized spacial score (nSPS) is 19.4. The molecule has 1 saturated heterocycles. The summed E-state index contributed by atoms with van der Waals surface area (Å²) in [4.78, 5) is 13.4. The van der Waals surface area contributed by atoms with Crippen molar-refractivity contribution in [3.63, 3.8) is 0 Å². The summed E-state index contributed by atoms with van der Waals surface area (Å²) >= 11 is 0. The second kappa shape index (κ2) is 5.35. The van der Waals surface area contributed by atoms with Crippen LogP contribution in [-0.2, 0) is 11.3 Å². The molecule has 1 amide bonds. The second-order valence-corrected chi connectivity index (χ2v) is 4.51. The number of likely N-dealkylation sites (tertiary alicyclic amines) is 1. The van der Waals surface area contributed by atoms with E-state index in [-0.39, 0.29) is 24.1 Å². The van der Waals surface area contributed by atoms with Gasteiger partial charge in [0, 0.05) is 25.1 Å². The van der Waals surface area contributed by atoms with E-state index in [0.717, 1.165) is 0 Å². The van der Waals surface area contributed by atoms with Crippen molar-refractivity contribution in [3.8, 4) is 5.75 Å². The number of halogens is 1. The van der Waals surface area contributed by atoms with Gasteiger partial charge in [-0.15, -0.1) is 0 Å². The zero-order valence-electron chi connectivity index (χ0n) is 10.4. The van der Waals surface area contributed by atoms with E-state index in [2.05, 4.69) is 0 Å². The Morgan fingerprint density at radius 1 is 1.56 bits per heavy atom. The first-order valence-corrected chi connectivity index (χ1v) is 5.95. The topological polar surface area (TPSA) is 55.6 Å². The molecule has 0 spiro atoms. The van der Waals surface area contributed by atoms with E-state index in [1.807, 2.05) is 0 Å². The van der Waals surface area contributed by atoms with Crippen molar-refractivity contribution in [3.05, 3.63) is 29.6 Å². The van der Waals surface area contributed by atoms with Gasteiger partial charge < -0.3 is 15.4 Å². The molecule has 1 aromatic carbocycles. The van der Waals surface area contributed by atoms with Crippen molar-refractivity contribution < 1.29 is 13.9 Å². The highest BCUT2D eigenvalue weighted by Crippen LogP contribution is 2.24. The number of hydrogen-bond acceptors (Lipinski definition) is 3. The quantitative estimate of drug-likeness (QED) is 0.874. The van der Waals surface area contributed by atoms with Gasteiger partial charge in [0.15, 0.2) is 11.6 Å². The molecule has 1 unspecified atom stereocenters. The monoisotopic (exact) mass is 252 g/mol. The molecule has 1 aliphatic heterocycles. The molecule has 0 saturated carbocycles. The Labute approximate surface area is 106 Å². The molecular weight excluding hydrogens is 235 g/mol. The third kappa shape index (κ3) is 2.46. The number of nitrogens with zero attached hydrogens (tertiary/aromatic N) is 1. The Bertz CT molecular complexity index is 451. The van der Waals surface area contributed by atoms with Crippen LogP contribution >= 0.6 is 0 Å². The summed E-state index contributed by atoms with van der Waals surface area (Å²) < 4.78 is 18.9. The molecule has 1 heterocycles. The summed E-state index contributed by atoms with van der Waals surface area (Å²) in [6.45, 7) is 1.37. The van der Waals surface area contributed by atoms with Gasteiger partial charge in [0.1, 0.15) is 0 Å². The average Bonchev–Trinajstić information content (AvgIpc) is 2.73. The maximum Gasteiger partial charge on any atom is 0.223 e. The summed E-state index contributed by atoms with van der Waals surface area (Å²) in [5, 5.41) is 0. The lowest BCUT2D eigenvalue weighted by Crippen LogP contribution is -2.26. The molecule has 1 atom stereocenters. The zero-order valence-corrected chi connectivity index (χ0v) is 10.4. The van der Waals surface area contributed by atoms with Crippen molar-refractivity contribution in [1.82, 2.24) is 4.90 Å². The average molecular weight is 252 g/mol. The van der Waals surface area contributed by atoms with E-state index in [1.54, 1.807) is 23.1 Å². The number of nitrogens with two attached hydrogens (primary N) is 1. The van der Waals surface area contributed by atoms with Crippen LogP contribution in [0.4, 0.5) is 4.39 Å². The van der Waals surface area contributed by atoms with Gasteiger partial charge in [0.05, 0.1) is 7.11 Å². The number of amides is 1.